The van der Waals surface area contributed by atoms with E-state index in [1.807, 2.05) is 12.1 Å². The van der Waals surface area contributed by atoms with Crippen LogP contribution < -0.4 is 4.74 Å². The standard InChI is InChI=1S/C17H14BrF3O/c18-14-8-11(7-13(9-14)17(19,20)21)10-22-16-6-2-4-12-3-1-5-15(12)16/h2,4,6-9H,1,3,5,10H2. The molecule has 0 fully saturated rings. The molecule has 0 aromatic heterocycles. The van der Waals surface area contributed by atoms with Gasteiger partial charge in [-0.25, -0.2) is 0 Å². The topological polar surface area (TPSA) is 9.23 Å². The molecule has 0 radical (unpaired) electrons. The molecule has 0 spiro atoms. The molecule has 1 aliphatic carbocycles. The van der Waals surface area contributed by atoms with Crippen LogP contribution in [0.5, 0.6) is 5.75 Å². The van der Waals surface area contributed by atoms with Crippen LogP contribution in [0.25, 0.3) is 0 Å². The minimum Gasteiger partial charge on any atom is -0.489 e. The van der Waals surface area contributed by atoms with Gasteiger partial charge in [0.25, 0.3) is 0 Å². The van der Waals surface area contributed by atoms with Gasteiger partial charge in [0.05, 0.1) is 5.56 Å². The van der Waals surface area contributed by atoms with E-state index in [1.165, 1.54) is 11.1 Å². The van der Waals surface area contributed by atoms with Gasteiger partial charge in [0, 0.05) is 4.47 Å². The summed E-state index contributed by atoms with van der Waals surface area (Å²) < 4.78 is 44.7. The first-order valence-corrected chi connectivity index (χ1v) is 7.83. The average molecular weight is 371 g/mol. The fourth-order valence-electron chi connectivity index (χ4n) is 2.78. The molecule has 3 rings (SSSR count). The fourth-order valence-corrected chi connectivity index (χ4v) is 3.32. The maximum Gasteiger partial charge on any atom is 0.416 e. The number of alkyl halides is 3. The zero-order valence-corrected chi connectivity index (χ0v) is 13.3. The van der Waals surface area contributed by atoms with Crippen molar-refractivity contribution >= 4 is 15.9 Å². The van der Waals surface area contributed by atoms with E-state index in [9.17, 15) is 13.2 Å². The Bertz CT molecular complexity index is 695. The second-order valence-corrected chi connectivity index (χ2v) is 6.30. The van der Waals surface area contributed by atoms with Crippen LogP contribution in [0.3, 0.4) is 0 Å². The summed E-state index contributed by atoms with van der Waals surface area (Å²) in [6.07, 6.45) is -1.24. The lowest BCUT2D eigenvalue weighted by molar-refractivity contribution is -0.137. The van der Waals surface area contributed by atoms with Crippen molar-refractivity contribution in [2.75, 3.05) is 0 Å². The summed E-state index contributed by atoms with van der Waals surface area (Å²) >= 11 is 3.13. The first-order valence-electron chi connectivity index (χ1n) is 7.04. The minimum absolute atomic E-state index is 0.124. The third kappa shape index (κ3) is 3.29. The zero-order valence-electron chi connectivity index (χ0n) is 11.7. The minimum atomic E-state index is -4.35. The number of rotatable bonds is 3. The first kappa shape index (κ1) is 15.4. The SMILES string of the molecule is FC(F)(F)c1cc(Br)cc(COc2cccc3c2CCC3)c1. The van der Waals surface area contributed by atoms with Gasteiger partial charge in [0.2, 0.25) is 0 Å². The molecule has 2 aromatic rings. The van der Waals surface area contributed by atoms with Crippen LogP contribution in [-0.4, -0.2) is 0 Å². The number of halogens is 4. The van der Waals surface area contributed by atoms with Gasteiger partial charge in [-0.1, -0.05) is 28.1 Å². The summed E-state index contributed by atoms with van der Waals surface area (Å²) in [4.78, 5) is 0. The van der Waals surface area contributed by atoms with E-state index in [0.29, 0.717) is 10.0 Å². The third-order valence-corrected chi connectivity index (χ3v) is 4.24. The van der Waals surface area contributed by atoms with Crippen molar-refractivity contribution in [2.45, 2.75) is 32.0 Å². The van der Waals surface area contributed by atoms with Crippen molar-refractivity contribution < 1.29 is 17.9 Å². The lowest BCUT2D eigenvalue weighted by atomic mass is 10.1. The molecule has 22 heavy (non-hydrogen) atoms. The molecule has 0 saturated carbocycles. The molecular weight excluding hydrogens is 357 g/mol. The number of benzene rings is 2. The molecule has 0 atom stereocenters. The average Bonchev–Trinajstić information content (AvgIpc) is 2.92. The van der Waals surface area contributed by atoms with E-state index in [2.05, 4.69) is 22.0 Å². The van der Waals surface area contributed by atoms with Gasteiger partial charge in [-0.15, -0.1) is 0 Å². The smallest absolute Gasteiger partial charge is 0.416 e. The number of hydrogen-bond donors (Lipinski definition) is 0. The number of aryl methyl sites for hydroxylation is 1. The molecule has 0 heterocycles. The van der Waals surface area contributed by atoms with E-state index in [4.69, 9.17) is 4.74 Å². The van der Waals surface area contributed by atoms with Crippen molar-refractivity contribution in [3.05, 3.63) is 63.1 Å². The highest BCUT2D eigenvalue weighted by atomic mass is 79.9. The number of ether oxygens (including phenoxy) is 1. The molecule has 0 N–H and O–H groups in total. The van der Waals surface area contributed by atoms with Crippen molar-refractivity contribution in [2.24, 2.45) is 0 Å². The van der Waals surface area contributed by atoms with Crippen molar-refractivity contribution in [1.29, 1.82) is 0 Å². The van der Waals surface area contributed by atoms with Crippen molar-refractivity contribution in [3.63, 3.8) is 0 Å². The highest BCUT2D eigenvalue weighted by Gasteiger charge is 2.31. The second kappa shape index (κ2) is 5.95. The summed E-state index contributed by atoms with van der Waals surface area (Å²) in [6, 6.07) is 9.75. The molecule has 0 saturated heterocycles. The van der Waals surface area contributed by atoms with Crippen LogP contribution in [0.2, 0.25) is 0 Å². The highest BCUT2D eigenvalue weighted by molar-refractivity contribution is 9.10. The third-order valence-electron chi connectivity index (χ3n) is 3.78. The van der Waals surface area contributed by atoms with Crippen LogP contribution >= 0.6 is 15.9 Å². The summed E-state index contributed by atoms with van der Waals surface area (Å²) in [5, 5.41) is 0. The van der Waals surface area contributed by atoms with Crippen molar-refractivity contribution in [3.8, 4) is 5.75 Å². The molecular formula is C17H14BrF3O. The molecule has 0 bridgehead atoms. The van der Waals surface area contributed by atoms with Gasteiger partial charge in [0.1, 0.15) is 12.4 Å². The Kier molecular flexibility index (Phi) is 4.17. The van der Waals surface area contributed by atoms with E-state index in [0.717, 1.165) is 37.1 Å². The predicted octanol–water partition coefficient (Wildman–Crippen LogP) is 5.54. The molecule has 0 amide bonds. The fraction of sp³-hybridized carbons (Fsp3) is 0.294. The summed E-state index contributed by atoms with van der Waals surface area (Å²) in [5.41, 5.74) is 2.30. The highest BCUT2D eigenvalue weighted by Crippen LogP contribution is 2.33. The molecule has 5 heteroatoms. The Hall–Kier alpha value is -1.49. The van der Waals surface area contributed by atoms with Gasteiger partial charge < -0.3 is 4.74 Å². The van der Waals surface area contributed by atoms with E-state index in [-0.39, 0.29) is 6.61 Å². The molecule has 1 aliphatic rings. The maximum absolute atomic E-state index is 12.8. The normalized spacial score (nSPS) is 14.0. The van der Waals surface area contributed by atoms with Gasteiger partial charge in [0.15, 0.2) is 0 Å². The Balaban J connectivity index is 1.80. The largest absolute Gasteiger partial charge is 0.489 e. The van der Waals surface area contributed by atoms with Crippen LogP contribution in [-0.2, 0) is 25.6 Å². The zero-order chi connectivity index (χ0) is 15.7. The lowest BCUT2D eigenvalue weighted by Crippen LogP contribution is -2.07. The Morgan fingerprint density at radius 1 is 1.09 bits per heavy atom. The summed E-state index contributed by atoms with van der Waals surface area (Å²) in [5.74, 6) is 0.781. The summed E-state index contributed by atoms with van der Waals surface area (Å²) in [7, 11) is 0. The van der Waals surface area contributed by atoms with Crippen LogP contribution in [0.15, 0.2) is 40.9 Å². The molecule has 0 aliphatic heterocycles. The maximum atomic E-state index is 12.8. The summed E-state index contributed by atoms with van der Waals surface area (Å²) in [6.45, 7) is 0.124. The van der Waals surface area contributed by atoms with Gasteiger partial charge in [-0.3, -0.25) is 0 Å². The second-order valence-electron chi connectivity index (χ2n) is 5.38. The van der Waals surface area contributed by atoms with E-state index >= 15 is 0 Å². The monoisotopic (exact) mass is 370 g/mol. The first-order chi connectivity index (χ1) is 10.4. The van der Waals surface area contributed by atoms with Crippen LogP contribution in [0.4, 0.5) is 13.2 Å². The lowest BCUT2D eigenvalue weighted by Gasteiger charge is -2.13. The Morgan fingerprint density at radius 3 is 2.68 bits per heavy atom. The van der Waals surface area contributed by atoms with Gasteiger partial charge in [-0.2, -0.15) is 13.2 Å². The quantitative estimate of drug-likeness (QED) is 0.689. The van der Waals surface area contributed by atoms with Crippen molar-refractivity contribution in [1.82, 2.24) is 0 Å². The number of hydrogen-bond acceptors (Lipinski definition) is 1. The molecule has 2 aromatic carbocycles. The van der Waals surface area contributed by atoms with E-state index < -0.39 is 11.7 Å². The Labute approximate surface area is 135 Å². The number of fused-ring (bicyclic) bond motifs is 1. The van der Waals surface area contributed by atoms with Crippen LogP contribution in [0.1, 0.15) is 28.7 Å². The predicted molar refractivity (Wildman–Crippen MR) is 81.9 cm³/mol. The van der Waals surface area contributed by atoms with Crippen LogP contribution in [0, 0.1) is 0 Å². The van der Waals surface area contributed by atoms with Gasteiger partial charge in [-0.05, 0) is 60.2 Å². The Morgan fingerprint density at radius 2 is 1.91 bits per heavy atom. The molecule has 0 unspecified atom stereocenters. The molecule has 116 valence electrons. The van der Waals surface area contributed by atoms with Gasteiger partial charge >= 0.3 is 6.18 Å². The molecule has 1 nitrogen and oxygen atoms in total. The van der Waals surface area contributed by atoms with E-state index in [1.54, 1.807) is 6.07 Å².